The molecule has 0 amide bonds. The van der Waals surface area contributed by atoms with Crippen LogP contribution in [0.1, 0.15) is 6.92 Å². The van der Waals surface area contributed by atoms with Crippen molar-refractivity contribution in [2.45, 2.75) is 13.5 Å². The molecular weight excluding hydrogens is 273 g/mol. The fraction of sp³-hybridized carbons (Fsp3) is 0.167. The number of aromatic nitrogens is 1. The van der Waals surface area contributed by atoms with Crippen molar-refractivity contribution in [3.05, 3.63) is 46.0 Å². The molecular formula is C12H11BrClN. The molecule has 0 atom stereocenters. The maximum atomic E-state index is 6.03. The molecule has 15 heavy (non-hydrogen) atoms. The first-order valence-electron chi connectivity index (χ1n) is 4.77. The highest BCUT2D eigenvalue weighted by atomic mass is 79.9. The third-order valence-corrected chi connectivity index (χ3v) is 3.22. The predicted molar refractivity (Wildman–Crippen MR) is 69.5 cm³/mol. The van der Waals surface area contributed by atoms with Crippen LogP contribution in [0.2, 0.25) is 5.02 Å². The molecule has 0 aliphatic heterocycles. The van der Waals surface area contributed by atoms with Crippen LogP contribution in [0.4, 0.5) is 0 Å². The number of allylic oxidation sites excluding steroid dienone is 2. The standard InChI is InChI=1S/C12H11BrClN/c1-2-3-5-15-6-4-10-11(13)7-9(14)8-12(10)15/h2-4,6-8H,5H2,1H3/b3-2+. The Morgan fingerprint density at radius 1 is 1.47 bits per heavy atom. The second kappa shape index (κ2) is 4.42. The molecule has 0 saturated carbocycles. The molecule has 0 aliphatic rings. The van der Waals surface area contributed by atoms with E-state index in [1.807, 2.05) is 25.1 Å². The van der Waals surface area contributed by atoms with E-state index in [1.54, 1.807) is 0 Å². The van der Waals surface area contributed by atoms with Crippen LogP contribution in [0, 0.1) is 0 Å². The monoisotopic (exact) mass is 283 g/mol. The van der Waals surface area contributed by atoms with Crippen LogP contribution >= 0.6 is 27.5 Å². The van der Waals surface area contributed by atoms with Crippen LogP contribution in [0.25, 0.3) is 10.9 Å². The number of halogens is 2. The largest absolute Gasteiger partial charge is 0.344 e. The zero-order valence-corrected chi connectivity index (χ0v) is 10.7. The SMILES string of the molecule is C/C=C/Cn1ccc2c(Br)cc(Cl)cc21. The van der Waals surface area contributed by atoms with Gasteiger partial charge in [-0.1, -0.05) is 39.7 Å². The van der Waals surface area contributed by atoms with E-state index in [0.717, 1.165) is 21.6 Å². The second-order valence-electron chi connectivity index (χ2n) is 3.36. The van der Waals surface area contributed by atoms with Gasteiger partial charge in [0.2, 0.25) is 0 Å². The Bertz CT molecular complexity index is 514. The van der Waals surface area contributed by atoms with Gasteiger partial charge < -0.3 is 4.57 Å². The minimum absolute atomic E-state index is 0.759. The summed E-state index contributed by atoms with van der Waals surface area (Å²) in [4.78, 5) is 0. The first-order valence-corrected chi connectivity index (χ1v) is 5.94. The summed E-state index contributed by atoms with van der Waals surface area (Å²) < 4.78 is 3.22. The molecule has 0 aliphatic carbocycles. The van der Waals surface area contributed by atoms with Crippen molar-refractivity contribution >= 4 is 38.4 Å². The summed E-state index contributed by atoms with van der Waals surface area (Å²) in [6.45, 7) is 2.90. The van der Waals surface area contributed by atoms with E-state index >= 15 is 0 Å². The van der Waals surface area contributed by atoms with E-state index in [0.29, 0.717) is 0 Å². The van der Waals surface area contributed by atoms with E-state index in [1.165, 1.54) is 5.39 Å². The van der Waals surface area contributed by atoms with E-state index < -0.39 is 0 Å². The second-order valence-corrected chi connectivity index (χ2v) is 4.65. The highest BCUT2D eigenvalue weighted by molar-refractivity contribution is 9.10. The minimum Gasteiger partial charge on any atom is -0.344 e. The van der Waals surface area contributed by atoms with Gasteiger partial charge in [0.15, 0.2) is 0 Å². The average Bonchev–Trinajstić information content (AvgIpc) is 2.58. The molecule has 1 aromatic heterocycles. The lowest BCUT2D eigenvalue weighted by Gasteiger charge is -2.02. The van der Waals surface area contributed by atoms with Crippen LogP contribution in [0.5, 0.6) is 0 Å². The summed E-state index contributed by atoms with van der Waals surface area (Å²) in [7, 11) is 0. The van der Waals surface area contributed by atoms with Crippen molar-refractivity contribution in [3.63, 3.8) is 0 Å². The van der Waals surface area contributed by atoms with Gasteiger partial charge in [0.05, 0.1) is 5.52 Å². The highest BCUT2D eigenvalue weighted by Gasteiger charge is 2.04. The quantitative estimate of drug-likeness (QED) is 0.708. The van der Waals surface area contributed by atoms with Crippen LogP contribution in [0.15, 0.2) is 41.0 Å². The van der Waals surface area contributed by atoms with Gasteiger partial charge in [0.25, 0.3) is 0 Å². The van der Waals surface area contributed by atoms with E-state index in [4.69, 9.17) is 11.6 Å². The summed E-state index contributed by atoms with van der Waals surface area (Å²) in [5.74, 6) is 0. The molecule has 78 valence electrons. The molecule has 1 heterocycles. The Kier molecular flexibility index (Phi) is 3.17. The molecule has 0 fully saturated rings. The van der Waals surface area contributed by atoms with Gasteiger partial charge >= 0.3 is 0 Å². The molecule has 0 spiro atoms. The fourth-order valence-electron chi connectivity index (χ4n) is 1.60. The molecule has 3 heteroatoms. The molecule has 0 saturated heterocycles. The first kappa shape index (κ1) is 10.8. The summed E-state index contributed by atoms with van der Waals surface area (Å²) in [6, 6.07) is 6.01. The molecule has 0 N–H and O–H groups in total. The van der Waals surface area contributed by atoms with Gasteiger partial charge in [0.1, 0.15) is 0 Å². The highest BCUT2D eigenvalue weighted by Crippen LogP contribution is 2.28. The summed E-state index contributed by atoms with van der Waals surface area (Å²) >= 11 is 9.54. The van der Waals surface area contributed by atoms with Gasteiger partial charge in [-0.15, -0.1) is 0 Å². The third kappa shape index (κ3) is 2.11. The number of fused-ring (bicyclic) bond motifs is 1. The lowest BCUT2D eigenvalue weighted by molar-refractivity contribution is 0.862. The van der Waals surface area contributed by atoms with E-state index in [2.05, 4.69) is 38.8 Å². The van der Waals surface area contributed by atoms with Gasteiger partial charge in [-0.3, -0.25) is 0 Å². The maximum absolute atomic E-state index is 6.03. The molecule has 1 nitrogen and oxygen atoms in total. The van der Waals surface area contributed by atoms with Crippen molar-refractivity contribution in [1.29, 1.82) is 0 Å². The van der Waals surface area contributed by atoms with Crippen molar-refractivity contribution in [2.75, 3.05) is 0 Å². The van der Waals surface area contributed by atoms with Crippen molar-refractivity contribution < 1.29 is 0 Å². The number of hydrogen-bond acceptors (Lipinski definition) is 0. The van der Waals surface area contributed by atoms with Crippen LogP contribution < -0.4 is 0 Å². The normalized spacial score (nSPS) is 11.7. The number of nitrogens with zero attached hydrogens (tertiary/aromatic N) is 1. The molecule has 2 rings (SSSR count). The van der Waals surface area contributed by atoms with Crippen molar-refractivity contribution in [1.82, 2.24) is 4.57 Å². The predicted octanol–water partition coefficient (Wildman–Crippen LogP) is 4.63. The number of benzene rings is 1. The molecule has 2 aromatic rings. The summed E-state index contributed by atoms with van der Waals surface area (Å²) in [5, 5.41) is 1.96. The van der Waals surface area contributed by atoms with Crippen molar-refractivity contribution in [3.8, 4) is 0 Å². The van der Waals surface area contributed by atoms with Gasteiger partial charge in [0, 0.05) is 27.6 Å². The molecule has 0 radical (unpaired) electrons. The number of rotatable bonds is 2. The first-order chi connectivity index (χ1) is 7.22. The van der Waals surface area contributed by atoms with Gasteiger partial charge in [-0.25, -0.2) is 0 Å². The van der Waals surface area contributed by atoms with E-state index in [-0.39, 0.29) is 0 Å². The van der Waals surface area contributed by atoms with Crippen LogP contribution in [0.3, 0.4) is 0 Å². The summed E-state index contributed by atoms with van der Waals surface area (Å²) in [5.41, 5.74) is 1.16. The lowest BCUT2D eigenvalue weighted by atomic mass is 10.2. The number of hydrogen-bond donors (Lipinski definition) is 0. The van der Waals surface area contributed by atoms with E-state index in [9.17, 15) is 0 Å². The third-order valence-electron chi connectivity index (χ3n) is 2.34. The van der Waals surface area contributed by atoms with Gasteiger partial charge in [-0.05, 0) is 25.1 Å². The lowest BCUT2D eigenvalue weighted by Crippen LogP contribution is -1.91. The summed E-state index contributed by atoms with van der Waals surface area (Å²) in [6.07, 6.45) is 6.24. The topological polar surface area (TPSA) is 4.93 Å². The fourth-order valence-corrected chi connectivity index (χ4v) is 2.52. The molecule has 0 bridgehead atoms. The Balaban J connectivity index is 2.58. The smallest absolute Gasteiger partial charge is 0.0509 e. The minimum atomic E-state index is 0.759. The Morgan fingerprint density at radius 2 is 2.27 bits per heavy atom. The zero-order chi connectivity index (χ0) is 10.8. The zero-order valence-electron chi connectivity index (χ0n) is 8.37. The molecule has 0 unspecified atom stereocenters. The Labute approximate surface area is 102 Å². The maximum Gasteiger partial charge on any atom is 0.0509 e. The average molecular weight is 285 g/mol. The molecule has 1 aromatic carbocycles. The van der Waals surface area contributed by atoms with Gasteiger partial charge in [-0.2, -0.15) is 0 Å². The Morgan fingerprint density at radius 3 is 3.00 bits per heavy atom. The Hall–Kier alpha value is -0.730. The van der Waals surface area contributed by atoms with Crippen molar-refractivity contribution in [2.24, 2.45) is 0 Å². The van der Waals surface area contributed by atoms with Crippen LogP contribution in [-0.2, 0) is 6.54 Å². The van der Waals surface area contributed by atoms with Crippen LogP contribution in [-0.4, -0.2) is 4.57 Å².